The minimum atomic E-state index is -0.106. The fourth-order valence-corrected chi connectivity index (χ4v) is 2.90. The fourth-order valence-electron chi connectivity index (χ4n) is 2.90. The van der Waals surface area contributed by atoms with Crippen molar-refractivity contribution in [3.05, 3.63) is 78.0 Å². The molecule has 0 bridgehead atoms. The van der Waals surface area contributed by atoms with Gasteiger partial charge in [0.1, 0.15) is 5.58 Å². The highest BCUT2D eigenvalue weighted by atomic mass is 16.5. The molecular formula is C21H18N2O3. The molecule has 4 aromatic rings. The van der Waals surface area contributed by atoms with Crippen LogP contribution in [0.15, 0.2) is 75.7 Å². The van der Waals surface area contributed by atoms with Gasteiger partial charge in [-0.2, -0.15) is 0 Å². The highest BCUT2D eigenvalue weighted by Gasteiger charge is 2.15. The van der Waals surface area contributed by atoms with E-state index in [0.29, 0.717) is 17.2 Å². The summed E-state index contributed by atoms with van der Waals surface area (Å²) in [5, 5.41) is 7.95. The van der Waals surface area contributed by atoms with E-state index in [9.17, 15) is 4.79 Å². The van der Waals surface area contributed by atoms with Crippen molar-refractivity contribution in [3.8, 4) is 11.5 Å². The number of nitrogens with zero attached hydrogens (tertiary/aromatic N) is 1. The van der Waals surface area contributed by atoms with Gasteiger partial charge in [0.15, 0.2) is 5.76 Å². The van der Waals surface area contributed by atoms with E-state index in [1.807, 2.05) is 67.6 Å². The molecule has 1 N–H and O–H groups in total. The molecule has 2 heterocycles. The lowest BCUT2D eigenvalue weighted by Crippen LogP contribution is -2.28. The number of carbonyl (C=O) groups excluding carboxylic acids is 1. The molecule has 0 saturated heterocycles. The molecule has 2 aromatic carbocycles. The minimum absolute atomic E-state index is 0.0644. The number of rotatable bonds is 5. The molecule has 0 aliphatic heterocycles. The average Bonchev–Trinajstić information content (AvgIpc) is 3.28. The van der Waals surface area contributed by atoms with Crippen LogP contribution in [0.4, 0.5) is 0 Å². The maximum atomic E-state index is 12.3. The van der Waals surface area contributed by atoms with Gasteiger partial charge in [0, 0.05) is 11.5 Å². The lowest BCUT2D eigenvalue weighted by Gasteiger charge is -2.13. The normalized spacial score (nSPS) is 12.2. The van der Waals surface area contributed by atoms with Crippen LogP contribution in [-0.2, 0) is 11.2 Å². The summed E-state index contributed by atoms with van der Waals surface area (Å²) in [6.07, 6.45) is 0.154. The van der Waals surface area contributed by atoms with Crippen LogP contribution < -0.4 is 5.32 Å². The second-order valence-corrected chi connectivity index (χ2v) is 6.21. The van der Waals surface area contributed by atoms with Crippen LogP contribution in [0.25, 0.3) is 22.5 Å². The fraction of sp³-hybridized carbons (Fsp3) is 0.143. The van der Waals surface area contributed by atoms with Gasteiger partial charge in [-0.05, 0) is 24.6 Å². The molecule has 1 amide bonds. The van der Waals surface area contributed by atoms with Crippen molar-refractivity contribution in [1.82, 2.24) is 10.5 Å². The first-order chi connectivity index (χ1) is 12.7. The van der Waals surface area contributed by atoms with Crippen molar-refractivity contribution in [3.63, 3.8) is 0 Å². The van der Waals surface area contributed by atoms with Gasteiger partial charge in [-0.3, -0.25) is 4.79 Å². The first kappa shape index (κ1) is 16.1. The number of furan rings is 1. The molecule has 4 rings (SSSR count). The van der Waals surface area contributed by atoms with Crippen LogP contribution in [0, 0.1) is 0 Å². The topological polar surface area (TPSA) is 68.3 Å². The monoisotopic (exact) mass is 346 g/mol. The van der Waals surface area contributed by atoms with Gasteiger partial charge < -0.3 is 14.3 Å². The van der Waals surface area contributed by atoms with Gasteiger partial charge in [0.2, 0.25) is 11.7 Å². The van der Waals surface area contributed by atoms with Crippen molar-refractivity contribution >= 4 is 16.9 Å². The van der Waals surface area contributed by atoms with E-state index < -0.39 is 0 Å². The Labute approximate surface area is 150 Å². The molecule has 0 spiro atoms. The number of aromatic nitrogens is 1. The minimum Gasteiger partial charge on any atom is -0.453 e. The summed E-state index contributed by atoms with van der Waals surface area (Å²) in [6.45, 7) is 1.95. The van der Waals surface area contributed by atoms with E-state index in [1.165, 1.54) is 0 Å². The van der Waals surface area contributed by atoms with Crippen LogP contribution >= 0.6 is 0 Å². The quantitative estimate of drug-likeness (QED) is 0.577. The van der Waals surface area contributed by atoms with Crippen molar-refractivity contribution in [2.24, 2.45) is 0 Å². The molecule has 0 aliphatic rings. The number of nitrogens with one attached hydrogen (secondary N) is 1. The summed E-state index contributed by atoms with van der Waals surface area (Å²) in [6, 6.07) is 21.1. The molecule has 0 aliphatic carbocycles. The summed E-state index contributed by atoms with van der Waals surface area (Å²) in [5.74, 6) is 1.01. The lowest BCUT2D eigenvalue weighted by molar-refractivity contribution is -0.121. The van der Waals surface area contributed by atoms with Crippen LogP contribution in [0.3, 0.4) is 0 Å². The largest absolute Gasteiger partial charge is 0.453 e. The summed E-state index contributed by atoms with van der Waals surface area (Å²) in [4.78, 5) is 12.3. The summed E-state index contributed by atoms with van der Waals surface area (Å²) in [7, 11) is 0. The van der Waals surface area contributed by atoms with Gasteiger partial charge in [0.05, 0.1) is 18.2 Å². The highest BCUT2D eigenvalue weighted by Crippen LogP contribution is 2.28. The van der Waals surface area contributed by atoms with Gasteiger partial charge in [-0.1, -0.05) is 53.7 Å². The standard InChI is InChI=1S/C21H18N2O3/c1-14(15-7-3-2-4-8-15)22-21(24)13-17-12-20(26-23-17)19-11-16-9-5-6-10-18(16)25-19/h2-12,14H,13H2,1H3,(H,22,24)/t14-/m0/s1. The molecule has 130 valence electrons. The molecular weight excluding hydrogens is 328 g/mol. The number of carbonyl (C=O) groups is 1. The number of benzene rings is 2. The van der Waals surface area contributed by atoms with E-state index in [2.05, 4.69) is 10.5 Å². The number of amides is 1. The van der Waals surface area contributed by atoms with E-state index in [4.69, 9.17) is 8.94 Å². The predicted molar refractivity (Wildman–Crippen MR) is 98.4 cm³/mol. The molecule has 5 heteroatoms. The second-order valence-electron chi connectivity index (χ2n) is 6.21. The Bertz CT molecular complexity index is 1000. The molecule has 26 heavy (non-hydrogen) atoms. The zero-order valence-electron chi connectivity index (χ0n) is 14.3. The third-order valence-electron chi connectivity index (χ3n) is 4.25. The molecule has 0 unspecified atom stereocenters. The third kappa shape index (κ3) is 3.37. The van der Waals surface area contributed by atoms with Crippen molar-refractivity contribution in [2.75, 3.05) is 0 Å². The van der Waals surface area contributed by atoms with Crippen molar-refractivity contribution in [1.29, 1.82) is 0 Å². The Balaban J connectivity index is 1.44. The SMILES string of the molecule is C[C@H](NC(=O)Cc1cc(-c2cc3ccccc3o2)on1)c1ccccc1. The second kappa shape index (κ2) is 6.88. The Morgan fingerprint density at radius 3 is 2.62 bits per heavy atom. The predicted octanol–water partition coefficient (Wildman–Crippen LogP) is 4.51. The maximum Gasteiger partial charge on any atom is 0.226 e. The zero-order valence-corrected chi connectivity index (χ0v) is 14.3. The lowest BCUT2D eigenvalue weighted by atomic mass is 10.1. The van der Waals surface area contributed by atoms with Crippen molar-refractivity contribution in [2.45, 2.75) is 19.4 Å². The smallest absolute Gasteiger partial charge is 0.226 e. The van der Waals surface area contributed by atoms with Crippen LogP contribution in [-0.4, -0.2) is 11.1 Å². The van der Waals surface area contributed by atoms with E-state index in [-0.39, 0.29) is 18.4 Å². The van der Waals surface area contributed by atoms with Crippen molar-refractivity contribution < 1.29 is 13.7 Å². The molecule has 0 fully saturated rings. The average molecular weight is 346 g/mol. The van der Waals surface area contributed by atoms with Gasteiger partial charge in [-0.25, -0.2) is 0 Å². The number of para-hydroxylation sites is 1. The Morgan fingerprint density at radius 2 is 1.81 bits per heavy atom. The maximum absolute atomic E-state index is 12.3. The first-order valence-electron chi connectivity index (χ1n) is 8.48. The van der Waals surface area contributed by atoms with Gasteiger partial charge >= 0.3 is 0 Å². The van der Waals surface area contributed by atoms with Crippen LogP contribution in [0.2, 0.25) is 0 Å². The Hall–Kier alpha value is -3.34. The highest BCUT2D eigenvalue weighted by molar-refractivity contribution is 5.82. The van der Waals surface area contributed by atoms with Crippen LogP contribution in [0.1, 0.15) is 24.2 Å². The van der Waals surface area contributed by atoms with E-state index >= 15 is 0 Å². The molecule has 5 nitrogen and oxygen atoms in total. The summed E-state index contributed by atoms with van der Waals surface area (Å²) in [5.41, 5.74) is 2.41. The Kier molecular flexibility index (Phi) is 4.27. The van der Waals surface area contributed by atoms with Gasteiger partial charge in [-0.15, -0.1) is 0 Å². The van der Waals surface area contributed by atoms with E-state index in [0.717, 1.165) is 16.5 Å². The molecule has 2 aromatic heterocycles. The summed E-state index contributed by atoms with van der Waals surface area (Å²) < 4.78 is 11.1. The zero-order chi connectivity index (χ0) is 17.9. The molecule has 0 saturated carbocycles. The summed E-state index contributed by atoms with van der Waals surface area (Å²) >= 11 is 0. The molecule has 1 atom stereocenters. The first-order valence-corrected chi connectivity index (χ1v) is 8.48. The van der Waals surface area contributed by atoms with Crippen LogP contribution in [0.5, 0.6) is 0 Å². The third-order valence-corrected chi connectivity index (χ3v) is 4.25. The molecule has 0 radical (unpaired) electrons. The number of hydrogen-bond acceptors (Lipinski definition) is 4. The Morgan fingerprint density at radius 1 is 1.04 bits per heavy atom. The number of hydrogen-bond donors (Lipinski definition) is 1. The van der Waals surface area contributed by atoms with Gasteiger partial charge in [0.25, 0.3) is 0 Å². The number of fused-ring (bicyclic) bond motifs is 1. The van der Waals surface area contributed by atoms with E-state index in [1.54, 1.807) is 6.07 Å².